The van der Waals surface area contributed by atoms with Crippen LogP contribution in [0.25, 0.3) is 0 Å². The van der Waals surface area contributed by atoms with Gasteiger partial charge >= 0.3 is 0 Å². The van der Waals surface area contributed by atoms with Gasteiger partial charge in [-0.2, -0.15) is 0 Å². The largest absolute Gasteiger partial charge is 0.332 e. The summed E-state index contributed by atoms with van der Waals surface area (Å²) in [6.45, 7) is 11.3. The topological polar surface area (TPSA) is 78.2 Å². The van der Waals surface area contributed by atoms with E-state index in [1.165, 1.54) is 5.56 Å². The van der Waals surface area contributed by atoms with Crippen LogP contribution in [0.2, 0.25) is 0 Å². The zero-order chi connectivity index (χ0) is 19.4. The van der Waals surface area contributed by atoms with Gasteiger partial charge in [-0.25, -0.2) is 4.99 Å². The van der Waals surface area contributed by atoms with Gasteiger partial charge < -0.3 is 15.1 Å². The number of carbonyl (C=O) groups is 2. The van der Waals surface area contributed by atoms with E-state index < -0.39 is 6.04 Å². The minimum absolute atomic E-state index is 0.0829. The van der Waals surface area contributed by atoms with Gasteiger partial charge in [0.25, 0.3) is 0 Å². The molecule has 2 aliphatic heterocycles. The standard InChI is InChI=1S/C20H29N5O2/c1-4-24-9-11-25(12-10-24)20-22-17(13-18(26)23-20)19(27)21-16-7-5-15(6-8-16)14(2)3/h5-8,14,17H,4,9-13H2,1-3H3,(H,21,27)(H,22,23,26)/p+1/t17-/m0/s1. The summed E-state index contributed by atoms with van der Waals surface area (Å²) in [6, 6.07) is 7.13. The number of hydrogen-bond acceptors (Lipinski definition) is 4. The van der Waals surface area contributed by atoms with Crippen molar-refractivity contribution in [2.24, 2.45) is 4.99 Å². The zero-order valence-corrected chi connectivity index (χ0v) is 16.4. The van der Waals surface area contributed by atoms with Crippen LogP contribution in [-0.2, 0) is 9.59 Å². The highest BCUT2D eigenvalue weighted by atomic mass is 16.2. The van der Waals surface area contributed by atoms with Crippen LogP contribution in [0.4, 0.5) is 5.69 Å². The van der Waals surface area contributed by atoms with Gasteiger partial charge in [-0.1, -0.05) is 26.0 Å². The van der Waals surface area contributed by atoms with E-state index in [-0.39, 0.29) is 18.2 Å². The smallest absolute Gasteiger partial charge is 0.249 e. The molecule has 3 N–H and O–H groups in total. The molecule has 0 radical (unpaired) electrons. The first kappa shape index (κ1) is 19.4. The van der Waals surface area contributed by atoms with Crippen LogP contribution in [0.5, 0.6) is 0 Å². The average Bonchev–Trinajstić information content (AvgIpc) is 2.68. The normalized spacial score (nSPS) is 21.0. The van der Waals surface area contributed by atoms with Gasteiger partial charge in [0.05, 0.1) is 39.1 Å². The lowest BCUT2D eigenvalue weighted by Gasteiger charge is -2.35. The van der Waals surface area contributed by atoms with Gasteiger partial charge in [-0.05, 0) is 30.5 Å². The summed E-state index contributed by atoms with van der Waals surface area (Å²) in [5.74, 6) is 0.591. The van der Waals surface area contributed by atoms with Crippen molar-refractivity contribution in [2.75, 3.05) is 38.0 Å². The van der Waals surface area contributed by atoms with Crippen molar-refractivity contribution in [3.8, 4) is 0 Å². The molecule has 146 valence electrons. The van der Waals surface area contributed by atoms with E-state index in [0.29, 0.717) is 11.9 Å². The number of aliphatic imine (C=N–C) groups is 1. The first-order valence-electron chi connectivity index (χ1n) is 9.83. The molecule has 1 atom stereocenters. The molecule has 7 nitrogen and oxygen atoms in total. The van der Waals surface area contributed by atoms with Crippen molar-refractivity contribution >= 4 is 23.5 Å². The summed E-state index contributed by atoms with van der Waals surface area (Å²) in [6.07, 6.45) is 0.0829. The maximum Gasteiger partial charge on any atom is 0.249 e. The molecule has 1 aromatic rings. The van der Waals surface area contributed by atoms with Gasteiger partial charge in [0.15, 0.2) is 0 Å². The van der Waals surface area contributed by atoms with Crippen LogP contribution in [0.3, 0.4) is 0 Å². The Hall–Kier alpha value is -2.41. The summed E-state index contributed by atoms with van der Waals surface area (Å²) in [5, 5.41) is 5.72. The highest BCUT2D eigenvalue weighted by molar-refractivity contribution is 6.05. The molecule has 1 saturated heterocycles. The molecular weight excluding hydrogens is 342 g/mol. The summed E-state index contributed by atoms with van der Waals surface area (Å²) < 4.78 is 0. The van der Waals surface area contributed by atoms with Gasteiger partial charge in [0.1, 0.15) is 6.04 Å². The molecule has 0 aliphatic carbocycles. The highest BCUT2D eigenvalue weighted by Gasteiger charge is 2.31. The van der Waals surface area contributed by atoms with Gasteiger partial charge in [0.2, 0.25) is 17.8 Å². The number of benzene rings is 1. The zero-order valence-electron chi connectivity index (χ0n) is 16.4. The summed E-state index contributed by atoms with van der Waals surface area (Å²) >= 11 is 0. The van der Waals surface area contributed by atoms with E-state index in [1.54, 1.807) is 4.90 Å². The fourth-order valence-corrected chi connectivity index (χ4v) is 3.45. The van der Waals surface area contributed by atoms with E-state index in [9.17, 15) is 9.59 Å². The Morgan fingerprint density at radius 2 is 1.96 bits per heavy atom. The van der Waals surface area contributed by atoms with Crippen LogP contribution in [0, 0.1) is 0 Å². The van der Waals surface area contributed by atoms with Crippen molar-refractivity contribution in [2.45, 2.75) is 39.2 Å². The number of nitrogens with zero attached hydrogens (tertiary/aromatic N) is 2. The minimum atomic E-state index is -0.685. The number of carbonyl (C=O) groups excluding carboxylic acids is 2. The summed E-state index contributed by atoms with van der Waals surface area (Å²) in [4.78, 5) is 32.9. The molecular formula is C20H30N5O2+. The number of piperazine rings is 1. The number of likely N-dealkylation sites (N-methyl/N-ethyl adjacent to an activating group) is 1. The lowest BCUT2D eigenvalue weighted by Crippen LogP contribution is -3.14. The predicted octanol–water partition coefficient (Wildman–Crippen LogP) is 0.213. The molecule has 0 aromatic heterocycles. The molecule has 0 spiro atoms. The van der Waals surface area contributed by atoms with Gasteiger partial charge in [-0.15, -0.1) is 0 Å². The number of anilines is 1. The maximum atomic E-state index is 12.6. The number of quaternary nitrogens is 1. The van der Waals surface area contributed by atoms with E-state index in [0.717, 1.165) is 38.4 Å². The quantitative estimate of drug-likeness (QED) is 0.707. The molecule has 0 unspecified atom stereocenters. The Kier molecular flexibility index (Phi) is 6.11. The molecule has 2 aliphatic rings. The van der Waals surface area contributed by atoms with Gasteiger partial charge in [0, 0.05) is 5.69 Å². The molecule has 1 aromatic carbocycles. The Morgan fingerprint density at radius 3 is 2.56 bits per heavy atom. The average molecular weight is 372 g/mol. The number of guanidine groups is 1. The molecule has 27 heavy (non-hydrogen) atoms. The number of amides is 2. The van der Waals surface area contributed by atoms with E-state index in [2.05, 4.69) is 41.3 Å². The molecule has 0 saturated carbocycles. The van der Waals surface area contributed by atoms with Crippen LogP contribution in [0.1, 0.15) is 38.7 Å². The lowest BCUT2D eigenvalue weighted by molar-refractivity contribution is -0.902. The molecule has 1 fully saturated rings. The van der Waals surface area contributed by atoms with Crippen LogP contribution < -0.4 is 15.5 Å². The first-order valence-corrected chi connectivity index (χ1v) is 9.83. The van der Waals surface area contributed by atoms with Gasteiger partial charge in [-0.3, -0.25) is 14.9 Å². The van der Waals surface area contributed by atoms with Crippen molar-refractivity contribution in [3.63, 3.8) is 0 Å². The Labute approximate surface area is 160 Å². The summed E-state index contributed by atoms with van der Waals surface area (Å²) in [5.41, 5.74) is 1.95. The van der Waals surface area contributed by atoms with Crippen LogP contribution in [-0.4, -0.2) is 61.4 Å². The number of hydrogen-bond donors (Lipinski definition) is 3. The fourth-order valence-electron chi connectivity index (χ4n) is 3.45. The van der Waals surface area contributed by atoms with E-state index >= 15 is 0 Å². The third-order valence-electron chi connectivity index (χ3n) is 5.33. The van der Waals surface area contributed by atoms with E-state index in [4.69, 9.17) is 0 Å². The number of nitrogens with one attached hydrogen (secondary N) is 3. The second kappa shape index (κ2) is 8.52. The van der Waals surface area contributed by atoms with Crippen molar-refractivity contribution < 1.29 is 14.5 Å². The molecule has 7 heteroatoms. The monoisotopic (exact) mass is 372 g/mol. The molecule has 2 amide bonds. The SMILES string of the molecule is CC[NH+]1CCN(C2=N[C@H](C(=O)Nc3ccc(C(C)C)cc3)CC(=O)N2)CC1. The Bertz CT molecular complexity index is 706. The maximum absolute atomic E-state index is 12.6. The van der Waals surface area contributed by atoms with Crippen LogP contribution >= 0.6 is 0 Å². The number of rotatable bonds is 4. The molecule has 2 heterocycles. The molecule has 3 rings (SSSR count). The van der Waals surface area contributed by atoms with Crippen LogP contribution in [0.15, 0.2) is 29.3 Å². The minimum Gasteiger partial charge on any atom is -0.332 e. The van der Waals surface area contributed by atoms with E-state index in [1.807, 2.05) is 24.3 Å². The second-order valence-corrected chi connectivity index (χ2v) is 7.58. The third kappa shape index (κ3) is 4.86. The van der Waals surface area contributed by atoms with Crippen molar-refractivity contribution in [1.29, 1.82) is 0 Å². The Balaban J connectivity index is 1.65. The fraction of sp³-hybridized carbons (Fsp3) is 0.550. The Morgan fingerprint density at radius 1 is 1.30 bits per heavy atom. The predicted molar refractivity (Wildman–Crippen MR) is 106 cm³/mol. The van der Waals surface area contributed by atoms with Crippen molar-refractivity contribution in [1.82, 2.24) is 10.2 Å². The van der Waals surface area contributed by atoms with Crippen molar-refractivity contribution in [3.05, 3.63) is 29.8 Å². The highest BCUT2D eigenvalue weighted by Crippen LogP contribution is 2.18. The summed E-state index contributed by atoms with van der Waals surface area (Å²) in [7, 11) is 0. The molecule has 0 bridgehead atoms. The lowest BCUT2D eigenvalue weighted by atomic mass is 10.0. The second-order valence-electron chi connectivity index (χ2n) is 7.58. The third-order valence-corrected chi connectivity index (χ3v) is 5.33. The first-order chi connectivity index (χ1) is 13.0.